The maximum Gasteiger partial charge on any atom is 0.242 e. The zero-order valence-electron chi connectivity index (χ0n) is 21.2. The number of carbonyl (C=O) groups excluding carboxylic acids is 1. The van der Waals surface area contributed by atoms with Gasteiger partial charge in [-0.2, -0.15) is 0 Å². The van der Waals surface area contributed by atoms with Crippen LogP contribution in [0.3, 0.4) is 0 Å². The summed E-state index contributed by atoms with van der Waals surface area (Å²) in [5.41, 5.74) is 2.57. The molecule has 1 N–H and O–H groups in total. The molecule has 2 atom stereocenters. The van der Waals surface area contributed by atoms with E-state index in [0.717, 1.165) is 54.4 Å². The summed E-state index contributed by atoms with van der Waals surface area (Å²) >= 11 is 0. The van der Waals surface area contributed by atoms with Gasteiger partial charge in [-0.15, -0.1) is 0 Å². The fourth-order valence-corrected chi connectivity index (χ4v) is 5.65. The van der Waals surface area contributed by atoms with E-state index in [2.05, 4.69) is 22.8 Å². The van der Waals surface area contributed by atoms with Crippen LogP contribution in [0.2, 0.25) is 0 Å². The van der Waals surface area contributed by atoms with Crippen LogP contribution in [-0.2, 0) is 17.6 Å². The quantitative estimate of drug-likeness (QED) is 0.703. The third-order valence-corrected chi connectivity index (χ3v) is 7.61. The number of fused-ring (bicyclic) bond motifs is 1. The first kappa shape index (κ1) is 24.2. The Morgan fingerprint density at radius 2 is 1.82 bits per heavy atom. The lowest BCUT2D eigenvalue weighted by molar-refractivity contribution is -0.145. The van der Waals surface area contributed by atoms with Gasteiger partial charge in [0.05, 0.1) is 19.8 Å². The maximum absolute atomic E-state index is 13.7. The smallest absolute Gasteiger partial charge is 0.242 e. The molecule has 34 heavy (non-hydrogen) atoms. The van der Waals surface area contributed by atoms with Crippen LogP contribution in [0, 0.1) is 0 Å². The van der Waals surface area contributed by atoms with Gasteiger partial charge in [0.2, 0.25) is 5.91 Å². The number of ether oxygens (including phenoxy) is 2. The van der Waals surface area contributed by atoms with Crippen LogP contribution in [0.25, 0.3) is 0 Å². The second kappa shape index (κ2) is 9.37. The lowest BCUT2D eigenvalue weighted by Crippen LogP contribution is -2.65. The van der Waals surface area contributed by atoms with Crippen LogP contribution in [0.1, 0.15) is 31.9 Å². The Balaban J connectivity index is 1.44. The minimum atomic E-state index is -0.630. The molecule has 1 heterocycles. The normalized spacial score (nSPS) is 20.7. The molecule has 1 fully saturated rings. The Kier molecular flexibility index (Phi) is 6.67. The van der Waals surface area contributed by atoms with Gasteiger partial charge < -0.3 is 24.4 Å². The molecule has 0 bridgehead atoms. The van der Waals surface area contributed by atoms with Crippen LogP contribution in [0.15, 0.2) is 36.4 Å². The van der Waals surface area contributed by atoms with E-state index in [-0.39, 0.29) is 18.0 Å². The Bertz CT molecular complexity index is 1050. The summed E-state index contributed by atoms with van der Waals surface area (Å²) in [6.45, 7) is 8.68. The molecule has 7 heteroatoms. The summed E-state index contributed by atoms with van der Waals surface area (Å²) in [5.74, 6) is 1.89. The van der Waals surface area contributed by atoms with Crippen LogP contribution in [0.4, 0.5) is 5.69 Å². The number of methoxy groups -OCH3 is 2. The van der Waals surface area contributed by atoms with Gasteiger partial charge >= 0.3 is 0 Å². The molecule has 4 rings (SSSR count). The molecule has 2 aliphatic rings. The van der Waals surface area contributed by atoms with E-state index < -0.39 is 5.54 Å². The van der Waals surface area contributed by atoms with Crippen molar-refractivity contribution in [3.05, 3.63) is 47.5 Å². The maximum atomic E-state index is 13.7. The molecule has 1 saturated heterocycles. The second-order valence-corrected chi connectivity index (χ2v) is 9.98. The molecule has 0 spiro atoms. The molecular formula is C27H37N3O4. The lowest BCUT2D eigenvalue weighted by Gasteiger charge is -2.49. The van der Waals surface area contributed by atoms with Crippen LogP contribution < -0.4 is 14.4 Å². The standard InChI is InChI=1S/C27H37N3O4/c1-18-17-29(20-10-11-24(33-5)25(16-20)34-6)12-13-30(18)27(2,3)26(32)28(4)21-14-19-8-7-9-23(31)22(19)15-21/h7-11,16,18,21,31H,12-15,17H2,1-6H3. The fourth-order valence-electron chi connectivity index (χ4n) is 5.65. The summed E-state index contributed by atoms with van der Waals surface area (Å²) in [6.07, 6.45) is 1.48. The number of rotatable bonds is 6. The SMILES string of the molecule is COc1ccc(N2CCN(C(C)(C)C(=O)N(C)C3Cc4cccc(O)c4C3)C(C)C2)cc1OC. The third kappa shape index (κ3) is 4.29. The number of nitrogens with zero attached hydrogens (tertiary/aromatic N) is 3. The molecule has 0 radical (unpaired) electrons. The molecule has 0 saturated carbocycles. The number of amides is 1. The van der Waals surface area contributed by atoms with Crippen molar-refractivity contribution < 1.29 is 19.4 Å². The summed E-state index contributed by atoms with van der Waals surface area (Å²) in [5, 5.41) is 10.2. The van der Waals surface area contributed by atoms with Gasteiger partial charge in [-0.1, -0.05) is 12.1 Å². The highest BCUT2D eigenvalue weighted by atomic mass is 16.5. The number of hydrogen-bond donors (Lipinski definition) is 1. The highest BCUT2D eigenvalue weighted by Gasteiger charge is 2.43. The molecule has 0 aromatic heterocycles. The Hall–Kier alpha value is -2.93. The molecule has 7 nitrogen and oxygen atoms in total. The zero-order valence-corrected chi connectivity index (χ0v) is 21.2. The largest absolute Gasteiger partial charge is 0.508 e. The molecule has 184 valence electrons. The second-order valence-electron chi connectivity index (χ2n) is 9.98. The van der Waals surface area contributed by atoms with Crippen molar-refractivity contribution in [3.8, 4) is 17.2 Å². The number of benzene rings is 2. The Morgan fingerprint density at radius 3 is 2.47 bits per heavy atom. The van der Waals surface area contributed by atoms with E-state index in [0.29, 0.717) is 12.2 Å². The first-order chi connectivity index (χ1) is 16.2. The Morgan fingerprint density at radius 1 is 1.09 bits per heavy atom. The van der Waals surface area contributed by atoms with E-state index in [1.165, 1.54) is 0 Å². The zero-order chi connectivity index (χ0) is 24.6. The topological polar surface area (TPSA) is 65.5 Å². The van der Waals surface area contributed by atoms with E-state index in [1.807, 2.05) is 50.1 Å². The average molecular weight is 468 g/mol. The van der Waals surface area contributed by atoms with Crippen molar-refractivity contribution in [1.29, 1.82) is 0 Å². The predicted molar refractivity (Wildman–Crippen MR) is 134 cm³/mol. The monoisotopic (exact) mass is 467 g/mol. The van der Waals surface area contributed by atoms with Crippen LogP contribution >= 0.6 is 0 Å². The summed E-state index contributed by atoms with van der Waals surface area (Å²) in [4.78, 5) is 20.3. The lowest BCUT2D eigenvalue weighted by atomic mass is 9.95. The van der Waals surface area contributed by atoms with Gasteiger partial charge in [-0.3, -0.25) is 9.69 Å². The molecule has 2 aromatic carbocycles. The van der Waals surface area contributed by atoms with Gasteiger partial charge in [0.25, 0.3) is 0 Å². The minimum Gasteiger partial charge on any atom is -0.508 e. The highest BCUT2D eigenvalue weighted by Crippen LogP contribution is 2.35. The van der Waals surface area contributed by atoms with Gasteiger partial charge in [-0.25, -0.2) is 0 Å². The number of likely N-dealkylation sites (N-methyl/N-ethyl adjacent to an activating group) is 1. The molecule has 1 amide bonds. The Labute approximate surface area is 202 Å². The molecule has 1 aliphatic carbocycles. The molecule has 2 aromatic rings. The fraction of sp³-hybridized carbons (Fsp3) is 0.519. The number of phenolic OH excluding ortho intramolecular Hbond substituents is 1. The van der Waals surface area contributed by atoms with Gasteiger partial charge in [0, 0.05) is 50.5 Å². The minimum absolute atomic E-state index is 0.0680. The van der Waals surface area contributed by atoms with E-state index in [4.69, 9.17) is 9.47 Å². The number of piperazine rings is 1. The number of aromatic hydroxyl groups is 1. The van der Waals surface area contributed by atoms with Crippen LogP contribution in [0.5, 0.6) is 17.2 Å². The summed E-state index contributed by atoms with van der Waals surface area (Å²) in [6, 6.07) is 11.9. The van der Waals surface area contributed by atoms with Crippen molar-refractivity contribution in [2.24, 2.45) is 0 Å². The number of phenols is 1. The summed E-state index contributed by atoms with van der Waals surface area (Å²) in [7, 11) is 5.20. The van der Waals surface area contributed by atoms with E-state index in [9.17, 15) is 9.90 Å². The molecular weight excluding hydrogens is 430 g/mol. The van der Waals surface area contributed by atoms with Crippen molar-refractivity contribution in [1.82, 2.24) is 9.80 Å². The van der Waals surface area contributed by atoms with Crippen LogP contribution in [-0.4, -0.2) is 79.3 Å². The van der Waals surface area contributed by atoms with E-state index >= 15 is 0 Å². The molecule has 1 aliphatic heterocycles. The van der Waals surface area contributed by atoms with Gasteiger partial charge in [0.15, 0.2) is 11.5 Å². The molecule has 2 unspecified atom stereocenters. The average Bonchev–Trinajstić information content (AvgIpc) is 3.28. The number of carbonyl (C=O) groups is 1. The van der Waals surface area contributed by atoms with E-state index in [1.54, 1.807) is 20.3 Å². The number of hydrogen-bond acceptors (Lipinski definition) is 6. The van der Waals surface area contributed by atoms with Gasteiger partial charge in [-0.05, 0) is 62.9 Å². The third-order valence-electron chi connectivity index (χ3n) is 7.61. The number of anilines is 1. The predicted octanol–water partition coefficient (Wildman–Crippen LogP) is 3.32. The van der Waals surface area contributed by atoms with Crippen molar-refractivity contribution >= 4 is 11.6 Å². The first-order valence-electron chi connectivity index (χ1n) is 12.0. The highest BCUT2D eigenvalue weighted by molar-refractivity contribution is 5.86. The van der Waals surface area contributed by atoms with Crippen molar-refractivity contribution in [2.75, 3.05) is 45.8 Å². The summed E-state index contributed by atoms with van der Waals surface area (Å²) < 4.78 is 10.9. The first-order valence-corrected chi connectivity index (χ1v) is 12.0. The van der Waals surface area contributed by atoms with Crippen molar-refractivity contribution in [2.45, 2.75) is 51.2 Å². The van der Waals surface area contributed by atoms with Gasteiger partial charge in [0.1, 0.15) is 5.75 Å². The van der Waals surface area contributed by atoms with Crippen molar-refractivity contribution in [3.63, 3.8) is 0 Å².